The first kappa shape index (κ1) is 17.0. The Morgan fingerprint density at radius 3 is 3.11 bits per heavy atom. The summed E-state index contributed by atoms with van der Waals surface area (Å²) in [5, 5.41) is 4.73. The Labute approximate surface area is 163 Å². The molecule has 10 heteroatoms. The van der Waals surface area contributed by atoms with Gasteiger partial charge in [-0.3, -0.25) is 4.79 Å². The molecule has 3 aromatic heterocycles. The van der Waals surface area contributed by atoms with Gasteiger partial charge < -0.3 is 9.88 Å². The zero-order chi connectivity index (χ0) is 19.3. The van der Waals surface area contributed by atoms with E-state index in [1.165, 1.54) is 23.7 Å². The minimum absolute atomic E-state index is 0.238. The van der Waals surface area contributed by atoms with Gasteiger partial charge in [-0.2, -0.15) is 5.10 Å². The normalized spacial score (nSPS) is 16.5. The molecule has 0 fully saturated rings. The van der Waals surface area contributed by atoms with Crippen molar-refractivity contribution in [1.82, 2.24) is 34.6 Å². The highest BCUT2D eigenvalue weighted by Crippen LogP contribution is 2.38. The fraction of sp³-hybridized carbons (Fsp3) is 0.278. The summed E-state index contributed by atoms with van der Waals surface area (Å²) in [6.07, 6.45) is 3.65. The van der Waals surface area contributed by atoms with E-state index in [1.807, 2.05) is 13.0 Å². The van der Waals surface area contributed by atoms with Crippen LogP contribution < -0.4 is 0 Å². The van der Waals surface area contributed by atoms with Gasteiger partial charge >= 0.3 is 0 Å². The minimum Gasteiger partial charge on any atom is -0.348 e. The van der Waals surface area contributed by atoms with Gasteiger partial charge in [-0.05, 0) is 19.1 Å². The zero-order valence-corrected chi connectivity index (χ0v) is 15.8. The topological polar surface area (TPSA) is 92.6 Å². The van der Waals surface area contributed by atoms with Crippen LogP contribution in [0.3, 0.4) is 0 Å². The molecule has 28 heavy (non-hydrogen) atoms. The quantitative estimate of drug-likeness (QED) is 0.574. The van der Waals surface area contributed by atoms with Crippen LogP contribution in [0.2, 0.25) is 0 Å². The number of thiazole rings is 1. The van der Waals surface area contributed by atoms with Gasteiger partial charge in [0.05, 0.1) is 16.7 Å². The fourth-order valence-corrected chi connectivity index (χ4v) is 4.68. The van der Waals surface area contributed by atoms with Crippen LogP contribution in [-0.4, -0.2) is 47.1 Å². The predicted molar refractivity (Wildman–Crippen MR) is 100 cm³/mol. The summed E-state index contributed by atoms with van der Waals surface area (Å²) in [4.78, 5) is 31.3. The van der Waals surface area contributed by atoms with Gasteiger partial charge in [0.1, 0.15) is 28.7 Å². The maximum Gasteiger partial charge on any atom is 0.292 e. The number of aromatic amines is 1. The molecule has 1 aliphatic heterocycles. The van der Waals surface area contributed by atoms with Gasteiger partial charge in [-0.1, -0.05) is 6.07 Å². The van der Waals surface area contributed by atoms with Crippen molar-refractivity contribution in [3.8, 4) is 0 Å². The molecule has 0 spiro atoms. The van der Waals surface area contributed by atoms with Gasteiger partial charge in [0.25, 0.3) is 5.91 Å². The van der Waals surface area contributed by atoms with Crippen molar-refractivity contribution in [1.29, 1.82) is 0 Å². The molecule has 4 heterocycles. The van der Waals surface area contributed by atoms with Crippen LogP contribution in [0, 0.1) is 5.82 Å². The van der Waals surface area contributed by atoms with Crippen molar-refractivity contribution in [3.63, 3.8) is 0 Å². The molecule has 5 rings (SSSR count). The lowest BCUT2D eigenvalue weighted by atomic mass is 10.0. The van der Waals surface area contributed by atoms with Crippen molar-refractivity contribution in [3.05, 3.63) is 58.9 Å². The molecule has 0 unspecified atom stereocenters. The Morgan fingerprint density at radius 1 is 1.39 bits per heavy atom. The van der Waals surface area contributed by atoms with Gasteiger partial charge in [-0.15, -0.1) is 11.3 Å². The molecule has 0 saturated carbocycles. The number of imidazole rings is 1. The third-order valence-electron chi connectivity index (χ3n) is 4.91. The molecule has 1 aromatic carbocycles. The molecular weight excluding hydrogens is 381 g/mol. The second-order valence-corrected chi connectivity index (χ2v) is 7.52. The molecular formula is C18H16FN7OS. The van der Waals surface area contributed by atoms with E-state index in [1.54, 1.807) is 22.0 Å². The maximum atomic E-state index is 14.2. The molecule has 1 N–H and O–H groups in total. The molecule has 0 saturated heterocycles. The number of carbonyl (C=O) groups excluding carboxylic acids is 1. The second-order valence-electron chi connectivity index (χ2n) is 6.46. The number of rotatable bonds is 3. The third kappa shape index (κ3) is 2.52. The minimum atomic E-state index is -0.499. The molecule has 1 amide bonds. The van der Waals surface area contributed by atoms with Gasteiger partial charge in [0.15, 0.2) is 0 Å². The Morgan fingerprint density at radius 2 is 2.29 bits per heavy atom. The number of carbonyl (C=O) groups is 1. The lowest BCUT2D eigenvalue weighted by molar-refractivity contribution is 0.0671. The molecule has 8 nitrogen and oxygen atoms in total. The number of amides is 1. The number of fused-ring (bicyclic) bond motifs is 2. The lowest BCUT2D eigenvalue weighted by Crippen LogP contribution is -2.41. The van der Waals surface area contributed by atoms with Crippen molar-refractivity contribution in [2.75, 3.05) is 6.54 Å². The number of aryl methyl sites for hydroxylation is 1. The number of nitrogens with zero attached hydrogens (tertiary/aromatic N) is 6. The van der Waals surface area contributed by atoms with Crippen LogP contribution >= 0.6 is 11.3 Å². The molecule has 0 radical (unpaired) electrons. The van der Waals surface area contributed by atoms with E-state index in [-0.39, 0.29) is 17.5 Å². The summed E-state index contributed by atoms with van der Waals surface area (Å²) >= 11 is 1.37. The average Bonchev–Trinajstić information content (AvgIpc) is 3.44. The van der Waals surface area contributed by atoms with Gasteiger partial charge in [-0.25, -0.2) is 24.0 Å². The summed E-state index contributed by atoms with van der Waals surface area (Å²) in [7, 11) is 0. The van der Waals surface area contributed by atoms with E-state index in [0.717, 1.165) is 16.1 Å². The van der Waals surface area contributed by atoms with Crippen LogP contribution in [0.15, 0.2) is 30.9 Å². The SMILES string of the molecule is CCn1ncnc1C(=O)N1CCc2[nH]cnc2[C@H]1c1nc2c(F)cccc2s1. The predicted octanol–water partition coefficient (Wildman–Crippen LogP) is 2.56. The monoisotopic (exact) mass is 397 g/mol. The number of nitrogens with one attached hydrogen (secondary N) is 1. The van der Waals surface area contributed by atoms with Crippen LogP contribution in [0.4, 0.5) is 4.39 Å². The number of halogens is 1. The number of para-hydroxylation sites is 1. The third-order valence-corrected chi connectivity index (χ3v) is 5.99. The number of hydrogen-bond acceptors (Lipinski definition) is 6. The first-order valence-corrected chi connectivity index (χ1v) is 9.75. The number of hydrogen-bond donors (Lipinski definition) is 1. The van der Waals surface area contributed by atoms with Crippen LogP contribution in [0.25, 0.3) is 10.2 Å². The van der Waals surface area contributed by atoms with Crippen molar-refractivity contribution in [2.24, 2.45) is 0 Å². The average molecular weight is 397 g/mol. The summed E-state index contributed by atoms with van der Waals surface area (Å²) in [6.45, 7) is 2.93. The standard InChI is InChI=1S/C18H16FN7OS/c1-2-26-16(22-9-23-26)18(27)25-7-6-11-14(21-8-20-11)15(25)17-24-13-10(19)4-3-5-12(13)28-17/h3-5,8-9,15H,2,6-7H2,1H3,(H,20,21)/t15-/m0/s1. The van der Waals surface area contributed by atoms with E-state index >= 15 is 0 Å². The Bertz CT molecular complexity index is 1180. The number of H-pyrrole nitrogens is 1. The van der Waals surface area contributed by atoms with E-state index in [9.17, 15) is 9.18 Å². The van der Waals surface area contributed by atoms with Gasteiger partial charge in [0, 0.05) is 25.2 Å². The molecule has 0 aliphatic carbocycles. The maximum absolute atomic E-state index is 14.2. The highest BCUT2D eigenvalue weighted by atomic mass is 32.1. The smallest absolute Gasteiger partial charge is 0.292 e. The van der Waals surface area contributed by atoms with Crippen molar-refractivity contribution < 1.29 is 9.18 Å². The first-order chi connectivity index (χ1) is 13.7. The zero-order valence-electron chi connectivity index (χ0n) is 15.0. The number of benzene rings is 1. The van der Waals surface area contributed by atoms with E-state index in [2.05, 4.69) is 25.0 Å². The summed E-state index contributed by atoms with van der Waals surface area (Å²) in [5.74, 6) is -0.335. The van der Waals surface area contributed by atoms with E-state index in [0.29, 0.717) is 30.0 Å². The second kappa shape index (κ2) is 6.48. The van der Waals surface area contributed by atoms with Crippen LogP contribution in [0.1, 0.15) is 40.0 Å². The molecule has 1 atom stereocenters. The Hall–Kier alpha value is -3.14. The van der Waals surface area contributed by atoms with Crippen LogP contribution in [-0.2, 0) is 13.0 Å². The summed E-state index contributed by atoms with van der Waals surface area (Å²) < 4.78 is 16.5. The van der Waals surface area contributed by atoms with E-state index in [4.69, 9.17) is 0 Å². The highest BCUT2D eigenvalue weighted by molar-refractivity contribution is 7.18. The number of aromatic nitrogens is 6. The Balaban J connectivity index is 1.64. The summed E-state index contributed by atoms with van der Waals surface area (Å²) in [6, 6.07) is 4.38. The highest BCUT2D eigenvalue weighted by Gasteiger charge is 2.38. The molecule has 4 aromatic rings. The van der Waals surface area contributed by atoms with Crippen molar-refractivity contribution in [2.45, 2.75) is 25.9 Å². The van der Waals surface area contributed by atoms with Gasteiger partial charge in [0.2, 0.25) is 5.82 Å². The van der Waals surface area contributed by atoms with E-state index < -0.39 is 6.04 Å². The first-order valence-electron chi connectivity index (χ1n) is 8.93. The molecule has 142 valence electrons. The molecule has 1 aliphatic rings. The largest absolute Gasteiger partial charge is 0.348 e. The fourth-order valence-electron chi connectivity index (χ4n) is 3.58. The lowest BCUT2D eigenvalue weighted by Gasteiger charge is -2.33. The van der Waals surface area contributed by atoms with Crippen LogP contribution in [0.5, 0.6) is 0 Å². The molecule has 0 bridgehead atoms. The van der Waals surface area contributed by atoms with Crippen molar-refractivity contribution >= 4 is 27.5 Å². The Kier molecular flexibility index (Phi) is 3.93. The summed E-state index contributed by atoms with van der Waals surface area (Å²) in [5.41, 5.74) is 2.02.